The SMILES string of the molecule is CNC[C@H](O)C[C@H](NC)C(=O)N(C)[C@@H](Cc1cccc(-c2ccc(OCc3ccccc3)c(C[C@H](NC)C(=O)P(F)P)c2)c1)C(=O)OC. The van der Waals surface area contributed by atoms with Gasteiger partial charge in [-0.25, -0.2) is 8.99 Å². The predicted molar refractivity (Wildman–Crippen MR) is 192 cm³/mol. The minimum Gasteiger partial charge on any atom is -0.489 e. The summed E-state index contributed by atoms with van der Waals surface area (Å²) in [7, 11) is 7.44. The minimum absolute atomic E-state index is 0.168. The molecular weight excluding hydrogens is 653 g/mol. The van der Waals surface area contributed by atoms with Crippen molar-refractivity contribution in [1.29, 1.82) is 0 Å². The quantitative estimate of drug-likeness (QED) is 0.109. The molecule has 0 saturated carbocycles. The van der Waals surface area contributed by atoms with Crippen LogP contribution in [0.1, 0.15) is 23.1 Å². The first-order valence-corrected chi connectivity index (χ1v) is 18.5. The fourth-order valence-electron chi connectivity index (χ4n) is 5.42. The lowest BCUT2D eigenvalue weighted by atomic mass is 9.95. The molecule has 0 heterocycles. The summed E-state index contributed by atoms with van der Waals surface area (Å²) >= 11 is 0. The molecule has 0 aliphatic carbocycles. The summed E-state index contributed by atoms with van der Waals surface area (Å²) in [4.78, 5) is 40.4. The number of nitrogens with zero attached hydrogens (tertiary/aromatic N) is 1. The Morgan fingerprint density at radius 2 is 1.58 bits per heavy atom. The smallest absolute Gasteiger partial charge is 0.328 e. The highest BCUT2D eigenvalue weighted by atomic mass is 32.0. The minimum atomic E-state index is -2.36. The van der Waals surface area contributed by atoms with Gasteiger partial charge in [-0.05, 0) is 73.9 Å². The fraction of sp³-hybridized carbons (Fsp3) is 0.400. The highest BCUT2D eigenvalue weighted by molar-refractivity contribution is 8.19. The molecule has 6 atom stereocenters. The summed E-state index contributed by atoms with van der Waals surface area (Å²) in [5.41, 5.74) is 3.68. The van der Waals surface area contributed by atoms with Crippen LogP contribution >= 0.6 is 16.8 Å². The van der Waals surface area contributed by atoms with E-state index in [1.807, 2.05) is 81.7 Å². The molecule has 48 heavy (non-hydrogen) atoms. The lowest BCUT2D eigenvalue weighted by Gasteiger charge is -2.30. The molecule has 3 aromatic carbocycles. The number of benzene rings is 3. The van der Waals surface area contributed by atoms with Gasteiger partial charge in [0.25, 0.3) is 0 Å². The number of carbonyl (C=O) groups is 3. The Balaban J connectivity index is 1.92. The third-order valence-corrected chi connectivity index (χ3v) is 9.65. The van der Waals surface area contributed by atoms with Crippen LogP contribution in [0.25, 0.3) is 11.1 Å². The Morgan fingerprint density at radius 3 is 2.21 bits per heavy atom. The van der Waals surface area contributed by atoms with Gasteiger partial charge in [-0.2, -0.15) is 0 Å². The lowest BCUT2D eigenvalue weighted by molar-refractivity contribution is -0.152. The van der Waals surface area contributed by atoms with Gasteiger partial charge in [0.15, 0.2) is 7.92 Å². The van der Waals surface area contributed by atoms with Gasteiger partial charge in [0.2, 0.25) is 11.4 Å². The maximum Gasteiger partial charge on any atom is 0.328 e. The molecule has 3 rings (SSSR count). The highest BCUT2D eigenvalue weighted by Gasteiger charge is 2.32. The van der Waals surface area contributed by atoms with Gasteiger partial charge in [0.05, 0.1) is 25.3 Å². The topological polar surface area (TPSA) is 129 Å². The fourth-order valence-corrected chi connectivity index (χ4v) is 6.48. The molecule has 0 spiro atoms. The number of ether oxygens (including phenoxy) is 2. The van der Waals surface area contributed by atoms with Crippen molar-refractivity contribution in [2.24, 2.45) is 0 Å². The summed E-state index contributed by atoms with van der Waals surface area (Å²) in [6, 6.07) is 20.7. The van der Waals surface area contributed by atoms with E-state index in [4.69, 9.17) is 9.47 Å². The maximum absolute atomic E-state index is 14.1. The number of hydrogen-bond donors (Lipinski definition) is 4. The number of aliphatic hydroxyl groups excluding tert-OH is 1. The number of rotatable bonds is 19. The van der Waals surface area contributed by atoms with E-state index >= 15 is 0 Å². The Bertz CT molecular complexity index is 1500. The van der Waals surface area contributed by atoms with Crippen LogP contribution in [0.4, 0.5) is 4.20 Å². The molecule has 0 aliphatic rings. The van der Waals surface area contributed by atoms with E-state index < -0.39 is 43.6 Å². The number of halogens is 1. The van der Waals surface area contributed by atoms with Gasteiger partial charge >= 0.3 is 5.97 Å². The molecule has 260 valence electrons. The van der Waals surface area contributed by atoms with Crippen molar-refractivity contribution in [1.82, 2.24) is 20.9 Å². The zero-order valence-corrected chi connectivity index (χ0v) is 30.2. The molecule has 3 aromatic rings. The number of nitrogens with one attached hydrogen (secondary N) is 3. The van der Waals surface area contributed by atoms with Gasteiger partial charge in [-0.1, -0.05) is 69.6 Å². The molecule has 0 radical (unpaired) electrons. The number of hydrogen-bond acceptors (Lipinski definition) is 9. The summed E-state index contributed by atoms with van der Waals surface area (Å²) < 4.78 is 25.3. The van der Waals surface area contributed by atoms with Crippen molar-refractivity contribution in [3.63, 3.8) is 0 Å². The van der Waals surface area contributed by atoms with Crippen LogP contribution in [-0.2, 0) is 38.6 Å². The Kier molecular flexibility index (Phi) is 16.0. The first-order chi connectivity index (χ1) is 23.0. The van der Waals surface area contributed by atoms with Crippen molar-refractivity contribution in [3.8, 4) is 16.9 Å². The van der Waals surface area contributed by atoms with Gasteiger partial charge < -0.3 is 35.4 Å². The van der Waals surface area contributed by atoms with E-state index in [0.29, 0.717) is 18.9 Å². The summed E-state index contributed by atoms with van der Waals surface area (Å²) in [5.74, 6) is -0.316. The van der Waals surface area contributed by atoms with Gasteiger partial charge in [0.1, 0.15) is 18.4 Å². The largest absolute Gasteiger partial charge is 0.489 e. The Labute approximate surface area is 286 Å². The van der Waals surface area contributed by atoms with Crippen LogP contribution in [-0.4, -0.2) is 93.5 Å². The molecular formula is C35H47FN4O6P2. The number of methoxy groups -OCH3 is 1. The second kappa shape index (κ2) is 19.6. The lowest BCUT2D eigenvalue weighted by Crippen LogP contribution is -2.52. The van der Waals surface area contributed by atoms with Crippen molar-refractivity contribution in [2.45, 2.75) is 50.1 Å². The monoisotopic (exact) mass is 700 g/mol. The molecule has 2 unspecified atom stereocenters. The molecule has 0 aliphatic heterocycles. The Hall–Kier alpha value is -3.30. The average molecular weight is 701 g/mol. The molecule has 0 aromatic heterocycles. The second-order valence-corrected chi connectivity index (χ2v) is 13.9. The number of carbonyl (C=O) groups excluding carboxylic acids is 3. The summed E-state index contributed by atoms with van der Waals surface area (Å²) in [6.07, 6.45) is -0.174. The van der Waals surface area contributed by atoms with Crippen LogP contribution in [0, 0.1) is 0 Å². The van der Waals surface area contributed by atoms with Crippen molar-refractivity contribution in [2.75, 3.05) is 41.8 Å². The van der Waals surface area contributed by atoms with Gasteiger partial charge in [-0.3, -0.25) is 9.59 Å². The molecule has 4 N–H and O–H groups in total. The van der Waals surface area contributed by atoms with Crippen LogP contribution < -0.4 is 20.7 Å². The second-order valence-electron chi connectivity index (χ2n) is 11.5. The summed E-state index contributed by atoms with van der Waals surface area (Å²) in [5, 5.41) is 19.1. The van der Waals surface area contributed by atoms with Crippen LogP contribution in [0.5, 0.6) is 5.75 Å². The molecule has 1 amide bonds. The van der Waals surface area contributed by atoms with Gasteiger partial charge in [0, 0.05) is 20.0 Å². The number of esters is 1. The molecule has 0 saturated heterocycles. The van der Waals surface area contributed by atoms with Crippen molar-refractivity contribution in [3.05, 3.63) is 89.5 Å². The first-order valence-electron chi connectivity index (χ1n) is 15.7. The first kappa shape index (κ1) is 39.1. The highest BCUT2D eigenvalue weighted by Crippen LogP contribution is 2.48. The number of likely N-dealkylation sites (N-methyl/N-ethyl adjacent to an activating group) is 4. The number of amides is 1. The van der Waals surface area contributed by atoms with E-state index in [-0.39, 0.29) is 25.2 Å². The van der Waals surface area contributed by atoms with E-state index in [2.05, 4.69) is 16.0 Å². The van der Waals surface area contributed by atoms with E-state index in [1.165, 1.54) is 12.0 Å². The average Bonchev–Trinajstić information content (AvgIpc) is 3.10. The maximum atomic E-state index is 14.1. The zero-order valence-electron chi connectivity index (χ0n) is 28.1. The molecule has 10 nitrogen and oxygen atoms in total. The predicted octanol–water partition coefficient (Wildman–Crippen LogP) is 3.85. The van der Waals surface area contributed by atoms with Gasteiger partial charge in [-0.15, -0.1) is 0 Å². The van der Waals surface area contributed by atoms with Crippen molar-refractivity contribution >= 4 is 34.3 Å². The zero-order chi connectivity index (χ0) is 35.2. The molecule has 0 fully saturated rings. The Morgan fingerprint density at radius 1 is 0.917 bits per heavy atom. The third kappa shape index (κ3) is 11.1. The summed E-state index contributed by atoms with van der Waals surface area (Å²) in [6.45, 7) is 0.648. The molecule has 0 bridgehead atoms. The normalized spacial score (nSPS) is 14.3. The van der Waals surface area contributed by atoms with E-state index in [0.717, 1.165) is 27.8 Å². The van der Waals surface area contributed by atoms with Crippen molar-refractivity contribution < 1.29 is 33.2 Å². The van der Waals surface area contributed by atoms with Crippen LogP contribution in [0.3, 0.4) is 0 Å². The van der Waals surface area contributed by atoms with Crippen LogP contribution in [0.2, 0.25) is 0 Å². The standard InChI is InChI=1S/C35H47FN4O6P2/c1-37-21-28(41)20-29(38-2)33(42)40(4)31(34(43)45-5)17-24-12-9-13-25(16-24)26-14-15-32(46-22-23-10-7-6-8-11-23)27(18-26)19-30(39-3)35(44)48(36)47/h6-16,18,28-31,37-39,41H,17,19-22,47H2,1-5H3/t28-,29+,30+,31+,48?/m1/s1. The van der Waals surface area contributed by atoms with E-state index in [1.54, 1.807) is 28.2 Å². The van der Waals surface area contributed by atoms with E-state index in [9.17, 15) is 23.7 Å². The number of aliphatic hydroxyl groups is 1. The molecule has 13 heteroatoms. The third-order valence-electron chi connectivity index (χ3n) is 8.15. The van der Waals surface area contributed by atoms with Crippen LogP contribution in [0.15, 0.2) is 72.8 Å².